The molecular formula is C33H35ClFIN4O6. The summed E-state index contributed by atoms with van der Waals surface area (Å²) in [5.41, 5.74) is 4.72. The molecule has 0 aliphatic carbocycles. The summed E-state index contributed by atoms with van der Waals surface area (Å²) in [5, 5.41) is 7.22. The normalized spacial score (nSPS) is 24.3. The maximum absolute atomic E-state index is 14.9. The molecule has 4 aliphatic heterocycles. The maximum Gasteiger partial charge on any atom is 0.290 e. The second-order valence-electron chi connectivity index (χ2n) is 11.7. The van der Waals surface area contributed by atoms with Gasteiger partial charge in [-0.25, -0.2) is 0 Å². The first-order valence-corrected chi connectivity index (χ1v) is 19.2. The van der Waals surface area contributed by atoms with E-state index in [1.165, 1.54) is 17.1 Å². The van der Waals surface area contributed by atoms with Crippen LogP contribution in [0.2, 0.25) is 5.02 Å². The number of benzene rings is 3. The van der Waals surface area contributed by atoms with Crippen molar-refractivity contribution in [2.75, 3.05) is 35.8 Å². The molecule has 3 atom stereocenters. The molecule has 13 heteroatoms. The van der Waals surface area contributed by atoms with Gasteiger partial charge in [-0.15, -0.1) is 0 Å². The summed E-state index contributed by atoms with van der Waals surface area (Å²) in [7, 11) is 0. The van der Waals surface area contributed by atoms with Crippen LogP contribution in [0.3, 0.4) is 0 Å². The van der Waals surface area contributed by atoms with E-state index in [-0.39, 0.29) is 16.6 Å². The van der Waals surface area contributed by atoms with E-state index in [0.717, 1.165) is 54.1 Å². The molecule has 0 radical (unpaired) electrons. The van der Waals surface area contributed by atoms with Gasteiger partial charge in [0.15, 0.2) is 0 Å². The number of hydrogen-bond acceptors (Lipinski definition) is 8. The van der Waals surface area contributed by atoms with Crippen LogP contribution in [0.15, 0.2) is 54.6 Å². The first-order chi connectivity index (χ1) is 22.3. The van der Waals surface area contributed by atoms with Gasteiger partial charge in [-0.2, -0.15) is 0 Å². The number of ether oxygens (including phenoxy) is 4. The monoisotopic (exact) mass is 764 g/mol. The first kappa shape index (κ1) is 31.4. The van der Waals surface area contributed by atoms with Crippen molar-refractivity contribution in [1.29, 1.82) is 0 Å². The van der Waals surface area contributed by atoms with Gasteiger partial charge in [0.05, 0.1) is 0 Å². The Morgan fingerprint density at radius 2 is 2.02 bits per heavy atom. The molecule has 5 heterocycles. The molecule has 4 aromatic rings. The largest absolute Gasteiger partial charge is 0.483 e. The number of rotatable bonds is 6. The van der Waals surface area contributed by atoms with Crippen molar-refractivity contribution in [2.45, 2.75) is 49.3 Å². The molecule has 4 aliphatic rings. The fraction of sp³-hybridized carbons (Fsp3) is 0.394. The summed E-state index contributed by atoms with van der Waals surface area (Å²) in [6.07, 6.45) is 1.33. The summed E-state index contributed by atoms with van der Waals surface area (Å²) in [5.74, 6) is 0.584. The number of aromatic nitrogens is 2. The molecule has 0 amide bonds. The van der Waals surface area contributed by atoms with Gasteiger partial charge in [0, 0.05) is 0 Å². The number of hydrogen-bond donors (Lipinski definition) is 1. The second-order valence-corrected chi connectivity index (χ2v) is 18.1. The molecule has 0 spiro atoms. The summed E-state index contributed by atoms with van der Waals surface area (Å²) in [6.45, 7) is 8.27. The van der Waals surface area contributed by atoms with Crippen LogP contribution in [-0.4, -0.2) is 65.3 Å². The smallest absolute Gasteiger partial charge is 0.290 e. The molecule has 3 fully saturated rings. The summed E-state index contributed by atoms with van der Waals surface area (Å²) in [4.78, 5) is 15.9. The van der Waals surface area contributed by atoms with Crippen LogP contribution in [0.5, 0.6) is 11.5 Å². The number of aryl methyl sites for hydroxylation is 1. The van der Waals surface area contributed by atoms with Gasteiger partial charge in [0.25, 0.3) is 6.47 Å². The van der Waals surface area contributed by atoms with E-state index in [4.69, 9.17) is 45.4 Å². The molecule has 0 saturated carbocycles. The number of imidazole rings is 1. The van der Waals surface area contributed by atoms with Crippen LogP contribution < -0.4 is 14.4 Å². The number of para-hydroxylation sites is 1. The fourth-order valence-electron chi connectivity index (χ4n) is 6.43. The Balaban J connectivity index is 0.00000109. The van der Waals surface area contributed by atoms with Crippen LogP contribution >= 0.6 is 31.7 Å². The Morgan fingerprint density at radius 1 is 1.20 bits per heavy atom. The predicted molar refractivity (Wildman–Crippen MR) is 180 cm³/mol. The van der Waals surface area contributed by atoms with Crippen molar-refractivity contribution in [3.05, 3.63) is 82.4 Å². The number of fused-ring (bicyclic) bond motifs is 3. The Hall–Kier alpha value is -3.17. The van der Waals surface area contributed by atoms with Crippen molar-refractivity contribution < 1.29 is 33.2 Å². The third-order valence-electron chi connectivity index (χ3n) is 8.71. The van der Waals surface area contributed by atoms with Crippen molar-refractivity contribution in [2.24, 2.45) is 0 Å². The second kappa shape index (κ2) is 12.8. The van der Waals surface area contributed by atoms with Gasteiger partial charge >= 0.3 is 263 Å². The van der Waals surface area contributed by atoms with E-state index in [1.54, 1.807) is 19.1 Å². The number of nitrogens with zero attached hydrogens (tertiary/aromatic N) is 4. The Kier molecular flexibility index (Phi) is 8.74. The van der Waals surface area contributed by atoms with Gasteiger partial charge < -0.3 is 5.11 Å². The molecule has 10 nitrogen and oxygen atoms in total. The van der Waals surface area contributed by atoms with E-state index < -0.39 is 31.7 Å². The zero-order chi connectivity index (χ0) is 32.0. The van der Waals surface area contributed by atoms with Gasteiger partial charge in [0.2, 0.25) is 0 Å². The molecule has 46 heavy (non-hydrogen) atoms. The molecule has 0 bridgehead atoms. The van der Waals surface area contributed by atoms with E-state index in [9.17, 15) is 4.39 Å². The van der Waals surface area contributed by atoms with Gasteiger partial charge in [-0.1, -0.05) is 0 Å². The Morgan fingerprint density at radius 3 is 2.78 bits per heavy atom. The minimum absolute atomic E-state index is 0.247. The zero-order valence-corrected chi connectivity index (χ0v) is 28.4. The van der Waals surface area contributed by atoms with Crippen LogP contribution in [0, 0.1) is 12.7 Å². The van der Waals surface area contributed by atoms with Gasteiger partial charge in [-0.3, -0.25) is 4.79 Å². The molecule has 8 rings (SSSR count). The molecule has 3 aromatic carbocycles. The minimum atomic E-state index is -1.68. The Labute approximate surface area is 278 Å². The molecule has 244 valence electrons. The summed E-state index contributed by atoms with van der Waals surface area (Å²) in [6, 6.07) is 17.0. The number of halogens is 3. The molecular weight excluding hydrogens is 730 g/mol. The predicted octanol–water partition coefficient (Wildman–Crippen LogP) is 6.33. The minimum Gasteiger partial charge on any atom is -0.483 e. The van der Waals surface area contributed by atoms with E-state index >= 15 is 0 Å². The molecule has 3 unspecified atom stereocenters. The number of carbonyl (C=O) groups is 1. The van der Waals surface area contributed by atoms with E-state index in [0.29, 0.717) is 35.4 Å². The van der Waals surface area contributed by atoms with Crippen LogP contribution in [0.1, 0.15) is 30.3 Å². The summed E-state index contributed by atoms with van der Waals surface area (Å²) >= 11 is 4.33. The topological polar surface area (TPSA) is 98.5 Å². The van der Waals surface area contributed by atoms with Gasteiger partial charge in [-0.05, 0) is 0 Å². The van der Waals surface area contributed by atoms with E-state index in [1.807, 2.05) is 12.1 Å². The standard InChI is InChI=1S/C32H33ClFIN4O4.CH2O2/c1-20-6-9-25-27(14-20)39(16-22-10-13-41-22)30(36-25)17-37-19-40-18-29-35(37)11-12-38(29)26-4-3-5-28-31(26)43-32(2,42-28)23-8-7-21(33)15-24(23)34;2-1-3/h3-9,14-15,22,29H,10-13,16-19H2,1-2H3;1H,(H,2,3). The Bertz CT molecular complexity index is 1770. The van der Waals surface area contributed by atoms with Gasteiger partial charge in [0.1, 0.15) is 0 Å². The number of alkyl halides is 2. The van der Waals surface area contributed by atoms with Crippen LogP contribution in [-0.2, 0) is 33.1 Å². The quantitative estimate of drug-likeness (QED) is 0.0795. The van der Waals surface area contributed by atoms with Crippen molar-refractivity contribution in [3.8, 4) is 11.5 Å². The van der Waals surface area contributed by atoms with Crippen molar-refractivity contribution in [1.82, 2.24) is 12.7 Å². The average Bonchev–Trinajstić information content (AvgIpc) is 3.68. The van der Waals surface area contributed by atoms with Crippen LogP contribution in [0.4, 0.5) is 10.1 Å². The number of anilines is 1. The maximum atomic E-state index is 14.9. The van der Waals surface area contributed by atoms with Crippen LogP contribution in [0.25, 0.3) is 11.0 Å². The SMILES string of the molecule is Cc1ccc2nc(CN3COCC4N(c5cccc6c5OC(C)(c5ccc(Cl)cc5F)O6)CCI43)n(CC3CCO3)c2c1.O=CO. The van der Waals surface area contributed by atoms with Crippen molar-refractivity contribution >= 4 is 54.9 Å². The summed E-state index contributed by atoms with van der Waals surface area (Å²) < 4.78 is 46.1. The number of carboxylic acid groups (broad SMARTS) is 1. The molecule has 3 saturated heterocycles. The first-order valence-electron chi connectivity index (χ1n) is 15.1. The van der Waals surface area contributed by atoms with E-state index in [2.05, 4.69) is 43.8 Å². The third-order valence-corrected chi connectivity index (χ3v) is 15.6. The zero-order valence-electron chi connectivity index (χ0n) is 25.5. The van der Waals surface area contributed by atoms with Crippen molar-refractivity contribution in [3.63, 3.8) is 0 Å². The fourth-order valence-corrected chi connectivity index (χ4v) is 13.2. The third kappa shape index (κ3) is 5.78. The molecule has 1 N–H and O–H groups in total. The molecule has 1 aromatic heterocycles. The average molecular weight is 765 g/mol.